The van der Waals surface area contributed by atoms with Crippen molar-refractivity contribution in [1.82, 2.24) is 10.6 Å². The van der Waals surface area contributed by atoms with Gasteiger partial charge in [-0.25, -0.2) is 4.79 Å². The molecule has 0 spiro atoms. The highest BCUT2D eigenvalue weighted by Crippen LogP contribution is 2.30. The van der Waals surface area contributed by atoms with Crippen LogP contribution in [0.1, 0.15) is 20.7 Å². The number of para-hydroxylation sites is 2. The first-order chi connectivity index (χ1) is 14.0. The van der Waals surface area contributed by atoms with Crippen molar-refractivity contribution in [2.45, 2.75) is 9.96 Å². The van der Waals surface area contributed by atoms with Gasteiger partial charge in [0.15, 0.2) is 5.11 Å². The largest absolute Gasteiger partial charge is 0.478 e. The number of nitrogens with zero attached hydrogens (tertiary/aromatic N) is 1. The second kappa shape index (κ2) is 9.90. The molecule has 0 aliphatic heterocycles. The third kappa shape index (κ3) is 6.17. The second-order valence-corrected chi connectivity index (χ2v) is 8.45. The number of carboxylic acid groups (broad SMARTS) is 1. The quantitative estimate of drug-likeness (QED) is 0.158. The molecule has 0 aliphatic rings. The predicted octanol–water partition coefficient (Wildman–Crippen LogP) is 3.71. The first kappa shape index (κ1) is 23.6. The van der Waals surface area contributed by atoms with Crippen LogP contribution in [0.25, 0.3) is 0 Å². The molecule has 9 nitrogen and oxygen atoms in total. The van der Waals surface area contributed by atoms with E-state index in [0.717, 1.165) is 6.07 Å². The van der Waals surface area contributed by atoms with Gasteiger partial charge in [-0.15, -0.1) is 0 Å². The van der Waals surface area contributed by atoms with E-state index in [0.29, 0.717) is 0 Å². The Morgan fingerprint density at radius 2 is 1.60 bits per heavy atom. The second-order valence-electron chi connectivity index (χ2n) is 5.67. The number of nitrogens with one attached hydrogen (secondary N) is 3. The van der Waals surface area contributed by atoms with Gasteiger partial charge in [0.2, 0.25) is 3.79 Å². The summed E-state index contributed by atoms with van der Waals surface area (Å²) in [5, 5.41) is 27.7. The van der Waals surface area contributed by atoms with Gasteiger partial charge in [-0.05, 0) is 30.4 Å². The van der Waals surface area contributed by atoms with Crippen molar-refractivity contribution in [2.75, 3.05) is 5.32 Å². The van der Waals surface area contributed by atoms with Gasteiger partial charge < -0.3 is 21.1 Å². The fourth-order valence-corrected chi connectivity index (χ4v) is 2.86. The number of hydrogen-bond acceptors (Lipinski definition) is 5. The first-order valence-electron chi connectivity index (χ1n) is 8.01. The van der Waals surface area contributed by atoms with E-state index in [1.807, 2.05) is 0 Å². The SMILES string of the molecule is O=C(O)c1ccccc1NC(=S)N[C@H](NC(=O)c1ccccc1[N+](=O)[O-])C(Cl)(Cl)Cl. The molecule has 0 radical (unpaired) electrons. The van der Waals surface area contributed by atoms with Crippen LogP contribution in [0, 0.1) is 10.1 Å². The lowest BCUT2D eigenvalue weighted by atomic mass is 10.1. The Labute approximate surface area is 190 Å². The molecule has 2 rings (SSSR count). The molecule has 0 aliphatic carbocycles. The zero-order valence-electron chi connectivity index (χ0n) is 14.8. The number of rotatable bonds is 6. The minimum atomic E-state index is -2.11. The van der Waals surface area contributed by atoms with Crippen LogP contribution in [0.15, 0.2) is 48.5 Å². The van der Waals surface area contributed by atoms with E-state index < -0.39 is 32.4 Å². The third-order valence-electron chi connectivity index (χ3n) is 3.63. The van der Waals surface area contributed by atoms with Crippen LogP contribution in [-0.4, -0.2) is 37.0 Å². The number of carboxylic acids is 1. The molecule has 0 saturated carbocycles. The molecule has 0 saturated heterocycles. The summed E-state index contributed by atoms with van der Waals surface area (Å²) in [4.78, 5) is 34.2. The fraction of sp³-hybridized carbons (Fsp3) is 0.118. The molecule has 0 heterocycles. The van der Waals surface area contributed by atoms with Crippen LogP contribution in [0.3, 0.4) is 0 Å². The highest BCUT2D eigenvalue weighted by atomic mass is 35.6. The van der Waals surface area contributed by atoms with Crippen LogP contribution < -0.4 is 16.0 Å². The predicted molar refractivity (Wildman–Crippen MR) is 117 cm³/mol. The number of carbonyl (C=O) groups is 2. The summed E-state index contributed by atoms with van der Waals surface area (Å²) in [6.45, 7) is 0. The topological polar surface area (TPSA) is 134 Å². The van der Waals surface area contributed by atoms with E-state index in [1.165, 1.54) is 36.4 Å². The minimum Gasteiger partial charge on any atom is -0.478 e. The molecule has 158 valence electrons. The van der Waals surface area contributed by atoms with E-state index in [-0.39, 0.29) is 21.9 Å². The zero-order chi connectivity index (χ0) is 22.5. The van der Waals surface area contributed by atoms with Crippen molar-refractivity contribution >= 4 is 75.4 Å². The lowest BCUT2D eigenvalue weighted by Crippen LogP contribution is -2.56. The molecule has 2 aromatic carbocycles. The van der Waals surface area contributed by atoms with E-state index in [9.17, 15) is 24.8 Å². The molecule has 0 aromatic heterocycles. The summed E-state index contributed by atoms with van der Waals surface area (Å²) >= 11 is 22.8. The van der Waals surface area contributed by atoms with Crippen LogP contribution in [-0.2, 0) is 0 Å². The van der Waals surface area contributed by atoms with Crippen molar-refractivity contribution < 1.29 is 19.6 Å². The number of nitro groups is 1. The molecule has 0 unspecified atom stereocenters. The number of thiocarbonyl (C=S) groups is 1. The van der Waals surface area contributed by atoms with Gasteiger partial charge in [0.1, 0.15) is 11.7 Å². The molecule has 0 fully saturated rings. The van der Waals surface area contributed by atoms with Gasteiger partial charge in [0.25, 0.3) is 11.6 Å². The number of alkyl halides is 3. The number of benzene rings is 2. The van der Waals surface area contributed by atoms with E-state index in [2.05, 4.69) is 16.0 Å². The minimum absolute atomic E-state index is 0.0592. The molecule has 4 N–H and O–H groups in total. The Morgan fingerprint density at radius 3 is 2.17 bits per heavy atom. The van der Waals surface area contributed by atoms with Gasteiger partial charge >= 0.3 is 5.97 Å². The lowest BCUT2D eigenvalue weighted by Gasteiger charge is -2.28. The van der Waals surface area contributed by atoms with Crippen LogP contribution in [0.4, 0.5) is 11.4 Å². The molecular weight excluding hydrogens is 479 g/mol. The number of aromatic carboxylic acids is 1. The van der Waals surface area contributed by atoms with Gasteiger partial charge in [0.05, 0.1) is 16.2 Å². The van der Waals surface area contributed by atoms with Gasteiger partial charge in [-0.2, -0.15) is 0 Å². The van der Waals surface area contributed by atoms with Crippen molar-refractivity contribution in [2.24, 2.45) is 0 Å². The summed E-state index contributed by atoms with van der Waals surface area (Å²) in [6.07, 6.45) is -1.41. The Morgan fingerprint density at radius 1 is 1.03 bits per heavy atom. The van der Waals surface area contributed by atoms with Crippen LogP contribution >= 0.6 is 47.0 Å². The summed E-state index contributed by atoms with van der Waals surface area (Å²) in [6, 6.07) is 11.2. The summed E-state index contributed by atoms with van der Waals surface area (Å²) in [5.74, 6) is -2.08. The van der Waals surface area contributed by atoms with Crippen molar-refractivity contribution in [1.29, 1.82) is 0 Å². The highest BCUT2D eigenvalue weighted by molar-refractivity contribution is 7.80. The average molecular weight is 492 g/mol. The van der Waals surface area contributed by atoms with E-state index >= 15 is 0 Å². The molecule has 0 bridgehead atoms. The molecule has 1 amide bonds. The Kier molecular flexibility index (Phi) is 7.79. The maximum absolute atomic E-state index is 12.5. The number of anilines is 1. The van der Waals surface area contributed by atoms with Gasteiger partial charge in [-0.1, -0.05) is 59.1 Å². The van der Waals surface area contributed by atoms with Crippen molar-refractivity contribution in [3.05, 3.63) is 69.8 Å². The van der Waals surface area contributed by atoms with E-state index in [4.69, 9.17) is 47.0 Å². The van der Waals surface area contributed by atoms with Gasteiger partial charge in [0, 0.05) is 6.07 Å². The summed E-state index contributed by atoms with van der Waals surface area (Å²) in [5.41, 5.74) is -0.584. The number of amides is 1. The Balaban J connectivity index is 2.20. The number of nitro benzene ring substituents is 1. The monoisotopic (exact) mass is 490 g/mol. The molecular formula is C17H13Cl3N4O5S. The first-order valence-corrected chi connectivity index (χ1v) is 9.55. The van der Waals surface area contributed by atoms with Crippen LogP contribution in [0.5, 0.6) is 0 Å². The van der Waals surface area contributed by atoms with Crippen molar-refractivity contribution in [3.8, 4) is 0 Å². The average Bonchev–Trinajstić information content (AvgIpc) is 2.66. The number of hydrogen-bond donors (Lipinski definition) is 4. The smallest absolute Gasteiger partial charge is 0.337 e. The zero-order valence-corrected chi connectivity index (χ0v) is 17.8. The molecule has 13 heteroatoms. The fourth-order valence-electron chi connectivity index (χ4n) is 2.30. The maximum atomic E-state index is 12.5. The molecule has 1 atom stereocenters. The highest BCUT2D eigenvalue weighted by Gasteiger charge is 2.36. The Hall–Kier alpha value is -2.66. The summed E-state index contributed by atoms with van der Waals surface area (Å²) < 4.78 is -2.11. The van der Waals surface area contributed by atoms with E-state index in [1.54, 1.807) is 6.07 Å². The summed E-state index contributed by atoms with van der Waals surface area (Å²) in [7, 11) is 0. The third-order valence-corrected chi connectivity index (χ3v) is 4.50. The van der Waals surface area contributed by atoms with Crippen molar-refractivity contribution in [3.63, 3.8) is 0 Å². The molecule has 2 aromatic rings. The van der Waals surface area contributed by atoms with Gasteiger partial charge in [-0.3, -0.25) is 14.9 Å². The lowest BCUT2D eigenvalue weighted by molar-refractivity contribution is -0.385. The Bertz CT molecular complexity index is 999. The number of halogens is 3. The standard InChI is InChI=1S/C17H13Cl3N4O5S/c18-17(19,20)15(22-13(25)10-6-2-4-8-12(10)24(28)29)23-16(30)21-11-7-3-1-5-9(11)14(26)27/h1-8,15H,(H,22,25)(H,26,27)(H2,21,23,30)/t15-/m0/s1. The normalized spacial score (nSPS) is 11.8. The van der Waals surface area contributed by atoms with Crippen LogP contribution in [0.2, 0.25) is 0 Å². The number of carbonyl (C=O) groups excluding carboxylic acids is 1. The molecule has 30 heavy (non-hydrogen) atoms. The maximum Gasteiger partial charge on any atom is 0.337 e.